The summed E-state index contributed by atoms with van der Waals surface area (Å²) in [5.41, 5.74) is 8.66. The fourth-order valence-electron chi connectivity index (χ4n) is 1.67. The molecule has 0 unspecified atom stereocenters. The van der Waals surface area contributed by atoms with Crippen LogP contribution >= 0.6 is 15.9 Å². The minimum Gasteiger partial charge on any atom is -0.325 e. The van der Waals surface area contributed by atoms with Gasteiger partial charge in [0.05, 0.1) is 5.69 Å². The normalized spacial score (nSPS) is 10.5. The Morgan fingerprint density at radius 3 is 2.53 bits per heavy atom. The van der Waals surface area contributed by atoms with Gasteiger partial charge in [-0.3, -0.25) is 0 Å². The first-order valence-electron chi connectivity index (χ1n) is 5.45. The van der Waals surface area contributed by atoms with Gasteiger partial charge in [0.1, 0.15) is 5.82 Å². The largest absolute Gasteiger partial charge is 0.325 e. The van der Waals surface area contributed by atoms with Crippen molar-refractivity contribution in [1.82, 2.24) is 9.97 Å². The lowest BCUT2D eigenvalue weighted by Gasteiger charge is -2.04. The van der Waals surface area contributed by atoms with Gasteiger partial charge in [0.25, 0.3) is 0 Å². The fourth-order valence-corrected chi connectivity index (χ4v) is 1.93. The fraction of sp³-hybridized carbons (Fsp3) is 0.231. The molecule has 0 aliphatic rings. The molecule has 4 heteroatoms. The average Bonchev–Trinajstić information content (AvgIpc) is 2.31. The first kappa shape index (κ1) is 12.2. The number of aromatic nitrogens is 2. The van der Waals surface area contributed by atoms with Crippen LogP contribution in [0, 0.1) is 6.92 Å². The van der Waals surface area contributed by atoms with Crippen LogP contribution in [0.3, 0.4) is 0 Å². The van der Waals surface area contributed by atoms with Crippen LogP contribution in [-0.4, -0.2) is 9.97 Å². The van der Waals surface area contributed by atoms with Crippen LogP contribution in [0.5, 0.6) is 0 Å². The molecule has 3 nitrogen and oxygen atoms in total. The predicted molar refractivity (Wildman–Crippen MR) is 71.6 cm³/mol. The van der Waals surface area contributed by atoms with Crippen molar-refractivity contribution in [3.8, 4) is 0 Å². The van der Waals surface area contributed by atoms with Gasteiger partial charge in [-0.25, -0.2) is 9.97 Å². The molecule has 17 heavy (non-hydrogen) atoms. The number of aryl methyl sites for hydroxylation is 1. The molecule has 2 N–H and O–H groups in total. The molecule has 0 spiro atoms. The average molecular weight is 292 g/mol. The molecule has 0 aliphatic carbocycles. The zero-order valence-corrected chi connectivity index (χ0v) is 11.2. The van der Waals surface area contributed by atoms with Crippen molar-refractivity contribution in [1.29, 1.82) is 0 Å². The highest BCUT2D eigenvalue weighted by Crippen LogP contribution is 2.13. The maximum Gasteiger partial charge on any atom is 0.133 e. The van der Waals surface area contributed by atoms with Crippen molar-refractivity contribution in [3.63, 3.8) is 0 Å². The summed E-state index contributed by atoms with van der Waals surface area (Å²) in [6, 6.07) is 10.1. The second-order valence-electron chi connectivity index (χ2n) is 3.92. The van der Waals surface area contributed by atoms with Crippen LogP contribution in [0.4, 0.5) is 0 Å². The zero-order valence-electron chi connectivity index (χ0n) is 9.65. The predicted octanol–water partition coefficient (Wildman–Crippen LogP) is 2.60. The third-order valence-corrected chi connectivity index (χ3v) is 2.97. The van der Waals surface area contributed by atoms with E-state index in [0.717, 1.165) is 28.1 Å². The Hall–Kier alpha value is -1.26. The van der Waals surface area contributed by atoms with Gasteiger partial charge in [-0.05, 0) is 30.7 Å². The number of nitrogens with two attached hydrogens (primary N) is 1. The Bertz CT molecular complexity index is 509. The third-order valence-electron chi connectivity index (χ3n) is 2.44. The van der Waals surface area contributed by atoms with Gasteiger partial charge in [0.2, 0.25) is 0 Å². The van der Waals surface area contributed by atoms with Gasteiger partial charge in [-0.1, -0.05) is 28.1 Å². The van der Waals surface area contributed by atoms with Crippen LogP contribution in [0.2, 0.25) is 0 Å². The molecule has 0 atom stereocenters. The third kappa shape index (κ3) is 3.35. The molecule has 88 valence electrons. The number of nitrogens with zero attached hydrogens (tertiary/aromatic N) is 2. The van der Waals surface area contributed by atoms with E-state index in [2.05, 4.69) is 38.0 Å². The lowest BCUT2D eigenvalue weighted by atomic mass is 10.1. The standard InChI is InChI=1S/C13H14BrN3/c1-9-6-12(8-15)17-13(16-9)7-10-2-4-11(14)5-3-10/h2-6H,7-8,15H2,1H3. The van der Waals surface area contributed by atoms with E-state index in [1.165, 1.54) is 5.56 Å². The number of rotatable bonds is 3. The van der Waals surface area contributed by atoms with Crippen LogP contribution in [-0.2, 0) is 13.0 Å². The van der Waals surface area contributed by atoms with E-state index >= 15 is 0 Å². The van der Waals surface area contributed by atoms with E-state index in [1.807, 2.05) is 25.1 Å². The van der Waals surface area contributed by atoms with E-state index in [4.69, 9.17) is 5.73 Å². The molecule has 1 aromatic heterocycles. The molecule has 0 radical (unpaired) electrons. The Balaban J connectivity index is 2.23. The highest BCUT2D eigenvalue weighted by atomic mass is 79.9. The van der Waals surface area contributed by atoms with E-state index < -0.39 is 0 Å². The van der Waals surface area contributed by atoms with Crippen molar-refractivity contribution in [2.75, 3.05) is 0 Å². The van der Waals surface area contributed by atoms with Gasteiger partial charge in [-0.15, -0.1) is 0 Å². The topological polar surface area (TPSA) is 51.8 Å². The second kappa shape index (κ2) is 5.38. The maximum absolute atomic E-state index is 5.60. The van der Waals surface area contributed by atoms with Crippen LogP contribution < -0.4 is 5.73 Å². The van der Waals surface area contributed by atoms with Crippen LogP contribution in [0.1, 0.15) is 22.8 Å². The Morgan fingerprint density at radius 1 is 1.18 bits per heavy atom. The second-order valence-corrected chi connectivity index (χ2v) is 4.84. The summed E-state index contributed by atoms with van der Waals surface area (Å²) in [5, 5.41) is 0. The van der Waals surface area contributed by atoms with Gasteiger partial charge in [-0.2, -0.15) is 0 Å². The molecule has 0 fully saturated rings. The van der Waals surface area contributed by atoms with Gasteiger partial charge in [0, 0.05) is 23.1 Å². The van der Waals surface area contributed by atoms with E-state index in [0.29, 0.717) is 6.54 Å². The van der Waals surface area contributed by atoms with Gasteiger partial charge < -0.3 is 5.73 Å². The number of benzene rings is 1. The summed E-state index contributed by atoms with van der Waals surface area (Å²) < 4.78 is 1.08. The van der Waals surface area contributed by atoms with Gasteiger partial charge in [0.15, 0.2) is 0 Å². The minimum absolute atomic E-state index is 0.455. The first-order chi connectivity index (χ1) is 8.17. The van der Waals surface area contributed by atoms with Crippen molar-refractivity contribution in [2.45, 2.75) is 19.9 Å². The lowest BCUT2D eigenvalue weighted by molar-refractivity contribution is 0.873. The smallest absolute Gasteiger partial charge is 0.133 e. The SMILES string of the molecule is Cc1cc(CN)nc(Cc2ccc(Br)cc2)n1. The molecular formula is C13H14BrN3. The molecular weight excluding hydrogens is 278 g/mol. The maximum atomic E-state index is 5.60. The Morgan fingerprint density at radius 2 is 1.88 bits per heavy atom. The summed E-state index contributed by atoms with van der Waals surface area (Å²) in [6.45, 7) is 2.42. The van der Waals surface area contributed by atoms with Crippen molar-refractivity contribution >= 4 is 15.9 Å². The number of hydrogen-bond donors (Lipinski definition) is 1. The highest BCUT2D eigenvalue weighted by Gasteiger charge is 2.02. The number of halogens is 1. The first-order valence-corrected chi connectivity index (χ1v) is 6.24. The minimum atomic E-state index is 0.455. The molecule has 0 aliphatic heterocycles. The Kier molecular flexibility index (Phi) is 3.86. The molecule has 1 heterocycles. The van der Waals surface area contributed by atoms with E-state index in [1.54, 1.807) is 0 Å². The Labute approximate surface area is 109 Å². The zero-order chi connectivity index (χ0) is 12.3. The van der Waals surface area contributed by atoms with E-state index in [-0.39, 0.29) is 0 Å². The van der Waals surface area contributed by atoms with Crippen LogP contribution in [0.25, 0.3) is 0 Å². The summed E-state index contributed by atoms with van der Waals surface area (Å²) in [7, 11) is 0. The van der Waals surface area contributed by atoms with Crippen LogP contribution in [0.15, 0.2) is 34.8 Å². The lowest BCUT2D eigenvalue weighted by Crippen LogP contribution is -2.06. The highest BCUT2D eigenvalue weighted by molar-refractivity contribution is 9.10. The molecule has 0 amide bonds. The van der Waals surface area contributed by atoms with Crippen molar-refractivity contribution in [3.05, 3.63) is 57.6 Å². The molecule has 2 rings (SSSR count). The summed E-state index contributed by atoms with van der Waals surface area (Å²) in [4.78, 5) is 8.84. The van der Waals surface area contributed by atoms with Crippen molar-refractivity contribution < 1.29 is 0 Å². The molecule has 2 aromatic rings. The summed E-state index contributed by atoms with van der Waals surface area (Å²) in [5.74, 6) is 0.827. The quantitative estimate of drug-likeness (QED) is 0.946. The molecule has 0 bridgehead atoms. The summed E-state index contributed by atoms with van der Waals surface area (Å²) >= 11 is 3.42. The molecule has 1 aromatic carbocycles. The summed E-state index contributed by atoms with van der Waals surface area (Å²) in [6.07, 6.45) is 0.738. The number of hydrogen-bond acceptors (Lipinski definition) is 3. The van der Waals surface area contributed by atoms with E-state index in [9.17, 15) is 0 Å². The van der Waals surface area contributed by atoms with Crippen molar-refractivity contribution in [2.24, 2.45) is 5.73 Å². The molecule has 0 saturated carbocycles. The monoisotopic (exact) mass is 291 g/mol. The van der Waals surface area contributed by atoms with Gasteiger partial charge >= 0.3 is 0 Å². The molecule has 0 saturated heterocycles.